The van der Waals surface area contributed by atoms with Gasteiger partial charge in [-0.15, -0.1) is 11.3 Å². The number of carboxylic acid groups (broad SMARTS) is 1. The molecule has 2 N–H and O–H groups in total. The minimum absolute atomic E-state index is 0.131. The van der Waals surface area contributed by atoms with Crippen LogP contribution in [0.15, 0.2) is 17.5 Å². The SMILES string of the molecule is CC1(C(=O)O)COCC1NC(=O)Cc1cccs1. The zero-order chi connectivity index (χ0) is 13.2. The van der Waals surface area contributed by atoms with Crippen molar-refractivity contribution in [2.45, 2.75) is 19.4 Å². The van der Waals surface area contributed by atoms with Crippen LogP contribution in [0.5, 0.6) is 0 Å². The predicted octanol–water partition coefficient (Wildman–Crippen LogP) is 0.896. The van der Waals surface area contributed by atoms with Crippen LogP contribution in [0, 0.1) is 5.41 Å². The van der Waals surface area contributed by atoms with E-state index in [-0.39, 0.29) is 25.5 Å². The molecule has 98 valence electrons. The molecular formula is C12H15NO4S. The number of hydrogen-bond donors (Lipinski definition) is 2. The van der Waals surface area contributed by atoms with E-state index in [4.69, 9.17) is 4.74 Å². The number of amides is 1. The Hall–Kier alpha value is -1.40. The molecule has 2 unspecified atom stereocenters. The van der Waals surface area contributed by atoms with Crippen molar-refractivity contribution in [2.24, 2.45) is 5.41 Å². The fraction of sp³-hybridized carbons (Fsp3) is 0.500. The second-order valence-corrected chi connectivity index (χ2v) is 5.65. The van der Waals surface area contributed by atoms with Gasteiger partial charge in [0.25, 0.3) is 0 Å². The van der Waals surface area contributed by atoms with Crippen molar-refractivity contribution < 1.29 is 19.4 Å². The maximum atomic E-state index is 11.8. The van der Waals surface area contributed by atoms with Crippen LogP contribution >= 0.6 is 11.3 Å². The van der Waals surface area contributed by atoms with Crippen LogP contribution in [0.2, 0.25) is 0 Å². The third-order valence-corrected chi connectivity index (χ3v) is 4.07. The summed E-state index contributed by atoms with van der Waals surface area (Å²) in [6.07, 6.45) is 0.282. The highest BCUT2D eigenvalue weighted by Crippen LogP contribution is 2.28. The van der Waals surface area contributed by atoms with Gasteiger partial charge in [0, 0.05) is 4.88 Å². The number of hydrogen-bond acceptors (Lipinski definition) is 4. The first-order valence-corrected chi connectivity index (χ1v) is 6.53. The Morgan fingerprint density at radius 1 is 1.67 bits per heavy atom. The predicted molar refractivity (Wildman–Crippen MR) is 66.5 cm³/mol. The van der Waals surface area contributed by atoms with Crippen molar-refractivity contribution in [1.29, 1.82) is 0 Å². The molecule has 1 saturated heterocycles. The summed E-state index contributed by atoms with van der Waals surface area (Å²) in [6, 6.07) is 3.29. The third-order valence-electron chi connectivity index (χ3n) is 3.19. The molecule has 2 heterocycles. The van der Waals surface area contributed by atoms with Gasteiger partial charge in [0.2, 0.25) is 5.91 Å². The van der Waals surface area contributed by atoms with Gasteiger partial charge in [0.1, 0.15) is 5.41 Å². The highest BCUT2D eigenvalue weighted by Gasteiger charge is 2.47. The van der Waals surface area contributed by atoms with Crippen molar-refractivity contribution in [3.63, 3.8) is 0 Å². The standard InChI is InChI=1S/C12H15NO4S/c1-12(11(15)16)7-17-6-9(12)13-10(14)5-8-3-2-4-18-8/h2-4,9H,5-7H2,1H3,(H,13,14)(H,15,16). The van der Waals surface area contributed by atoms with Gasteiger partial charge in [-0.1, -0.05) is 6.07 Å². The highest BCUT2D eigenvalue weighted by molar-refractivity contribution is 7.10. The second kappa shape index (κ2) is 5.07. The van der Waals surface area contributed by atoms with Crippen molar-refractivity contribution >= 4 is 23.2 Å². The summed E-state index contributed by atoms with van der Waals surface area (Å²) in [7, 11) is 0. The van der Waals surface area contributed by atoms with Crippen LogP contribution in [0.3, 0.4) is 0 Å². The summed E-state index contributed by atoms with van der Waals surface area (Å²) in [4.78, 5) is 24.0. The monoisotopic (exact) mass is 269 g/mol. The average Bonchev–Trinajstić information content (AvgIpc) is 2.90. The fourth-order valence-corrected chi connectivity index (χ4v) is 2.61. The Balaban J connectivity index is 1.96. The molecule has 1 aliphatic heterocycles. The lowest BCUT2D eigenvalue weighted by molar-refractivity contribution is -0.149. The fourth-order valence-electron chi connectivity index (χ4n) is 1.90. The minimum Gasteiger partial charge on any atom is -0.481 e. The van der Waals surface area contributed by atoms with Gasteiger partial charge in [0.05, 0.1) is 25.7 Å². The first-order valence-electron chi connectivity index (χ1n) is 5.65. The van der Waals surface area contributed by atoms with Crippen molar-refractivity contribution in [3.8, 4) is 0 Å². The number of aliphatic carboxylic acids is 1. The van der Waals surface area contributed by atoms with Crippen molar-refractivity contribution in [1.82, 2.24) is 5.32 Å². The first-order chi connectivity index (χ1) is 8.52. The molecule has 6 heteroatoms. The van der Waals surface area contributed by atoms with E-state index in [1.54, 1.807) is 6.92 Å². The summed E-state index contributed by atoms with van der Waals surface area (Å²) < 4.78 is 5.18. The first kappa shape index (κ1) is 13.0. The van der Waals surface area contributed by atoms with E-state index in [1.807, 2.05) is 17.5 Å². The molecule has 0 radical (unpaired) electrons. The van der Waals surface area contributed by atoms with Crippen LogP contribution in [0.25, 0.3) is 0 Å². The molecule has 0 aliphatic carbocycles. The Bertz CT molecular complexity index is 445. The third kappa shape index (κ3) is 2.54. The largest absolute Gasteiger partial charge is 0.481 e. The van der Waals surface area contributed by atoms with Crippen LogP contribution in [0.4, 0.5) is 0 Å². The minimum atomic E-state index is -1.04. The van der Waals surface area contributed by atoms with E-state index in [0.29, 0.717) is 0 Å². The zero-order valence-corrected chi connectivity index (χ0v) is 10.8. The van der Waals surface area contributed by atoms with Gasteiger partial charge < -0.3 is 15.2 Å². The molecule has 2 rings (SSSR count). The molecule has 0 bridgehead atoms. The number of carbonyl (C=O) groups excluding carboxylic acids is 1. The summed E-state index contributed by atoms with van der Waals surface area (Å²) in [5.74, 6) is -1.11. The number of rotatable bonds is 4. The molecule has 0 saturated carbocycles. The molecule has 5 nitrogen and oxygen atoms in total. The summed E-state index contributed by atoms with van der Waals surface area (Å²) in [5, 5.41) is 13.8. The highest BCUT2D eigenvalue weighted by atomic mass is 32.1. The van der Waals surface area contributed by atoms with Crippen LogP contribution in [-0.4, -0.2) is 36.2 Å². The normalized spacial score (nSPS) is 27.1. The van der Waals surface area contributed by atoms with E-state index < -0.39 is 17.4 Å². The zero-order valence-electron chi connectivity index (χ0n) is 10.0. The van der Waals surface area contributed by atoms with Gasteiger partial charge in [-0.05, 0) is 18.4 Å². The van der Waals surface area contributed by atoms with Crippen LogP contribution in [-0.2, 0) is 20.7 Å². The molecule has 0 spiro atoms. The number of carboxylic acids is 1. The summed E-state index contributed by atoms with van der Waals surface area (Å²) >= 11 is 1.51. The maximum Gasteiger partial charge on any atom is 0.313 e. The van der Waals surface area contributed by atoms with Gasteiger partial charge >= 0.3 is 5.97 Å². The smallest absolute Gasteiger partial charge is 0.313 e. The number of nitrogens with one attached hydrogen (secondary N) is 1. The van der Waals surface area contributed by atoms with Gasteiger partial charge in [-0.3, -0.25) is 9.59 Å². The molecule has 1 aromatic heterocycles. The number of ether oxygens (including phenoxy) is 1. The van der Waals surface area contributed by atoms with Gasteiger partial charge in [-0.25, -0.2) is 0 Å². The lowest BCUT2D eigenvalue weighted by Crippen LogP contribution is -2.50. The number of carbonyl (C=O) groups is 2. The Labute approximate surface area is 109 Å². The Morgan fingerprint density at radius 2 is 2.44 bits per heavy atom. The molecule has 0 aromatic carbocycles. The Morgan fingerprint density at radius 3 is 3.06 bits per heavy atom. The molecule has 1 amide bonds. The lowest BCUT2D eigenvalue weighted by atomic mass is 9.85. The van der Waals surface area contributed by atoms with Gasteiger partial charge in [-0.2, -0.15) is 0 Å². The second-order valence-electron chi connectivity index (χ2n) is 4.61. The molecule has 1 fully saturated rings. The van der Waals surface area contributed by atoms with E-state index in [9.17, 15) is 14.7 Å². The molecule has 1 aromatic rings. The van der Waals surface area contributed by atoms with Crippen LogP contribution in [0.1, 0.15) is 11.8 Å². The number of thiophene rings is 1. The summed E-state index contributed by atoms with van der Waals surface area (Å²) in [5.41, 5.74) is -1.04. The average molecular weight is 269 g/mol. The van der Waals surface area contributed by atoms with Crippen molar-refractivity contribution in [3.05, 3.63) is 22.4 Å². The van der Waals surface area contributed by atoms with Crippen LogP contribution < -0.4 is 5.32 Å². The quantitative estimate of drug-likeness (QED) is 0.851. The lowest BCUT2D eigenvalue weighted by Gasteiger charge is -2.25. The van der Waals surface area contributed by atoms with E-state index >= 15 is 0 Å². The summed E-state index contributed by atoms with van der Waals surface area (Å²) in [6.45, 7) is 1.98. The van der Waals surface area contributed by atoms with E-state index in [2.05, 4.69) is 5.32 Å². The van der Waals surface area contributed by atoms with E-state index in [0.717, 1.165) is 4.88 Å². The molecule has 2 atom stereocenters. The van der Waals surface area contributed by atoms with E-state index in [1.165, 1.54) is 11.3 Å². The molecule has 1 aliphatic rings. The Kier molecular flexibility index (Phi) is 3.68. The topological polar surface area (TPSA) is 75.6 Å². The maximum absolute atomic E-state index is 11.8. The molecular weight excluding hydrogens is 254 g/mol. The van der Waals surface area contributed by atoms with Gasteiger partial charge in [0.15, 0.2) is 0 Å². The van der Waals surface area contributed by atoms with Crippen molar-refractivity contribution in [2.75, 3.05) is 13.2 Å². The molecule has 18 heavy (non-hydrogen) atoms.